The summed E-state index contributed by atoms with van der Waals surface area (Å²) in [5.41, 5.74) is 4.23. The Morgan fingerprint density at radius 3 is 2.27 bits per heavy atom. The lowest BCUT2D eigenvalue weighted by Crippen LogP contribution is -2.28. The zero-order chi connectivity index (χ0) is 24.0. The van der Waals surface area contributed by atoms with E-state index in [0.717, 1.165) is 6.54 Å². The molecule has 2 aromatic carbocycles. The minimum Gasteiger partial charge on any atom is -0.447 e. The molecule has 0 aliphatic heterocycles. The van der Waals surface area contributed by atoms with Gasteiger partial charge in [0.05, 0.1) is 6.54 Å². The lowest BCUT2D eigenvalue weighted by atomic mass is 9.86. The van der Waals surface area contributed by atoms with Gasteiger partial charge in [-0.25, -0.2) is 4.98 Å². The Morgan fingerprint density at radius 2 is 1.67 bits per heavy atom. The topological polar surface area (TPSA) is 58.4 Å². The third-order valence-corrected chi connectivity index (χ3v) is 5.83. The molecule has 1 aromatic heterocycles. The molecule has 0 saturated heterocycles. The van der Waals surface area contributed by atoms with Crippen LogP contribution in [0.15, 0.2) is 65.3 Å². The summed E-state index contributed by atoms with van der Waals surface area (Å²) in [6, 6.07) is 19.4. The van der Waals surface area contributed by atoms with Crippen LogP contribution in [-0.4, -0.2) is 22.3 Å². The highest BCUT2D eigenvalue weighted by molar-refractivity contribution is 5.91. The molecule has 0 bridgehead atoms. The van der Waals surface area contributed by atoms with Crippen LogP contribution >= 0.6 is 0 Å². The smallest absolute Gasteiger partial charge is 0.273 e. The molecule has 0 fully saturated rings. The first kappa shape index (κ1) is 24.7. The van der Waals surface area contributed by atoms with E-state index in [2.05, 4.69) is 105 Å². The van der Waals surface area contributed by atoms with E-state index < -0.39 is 0 Å². The van der Waals surface area contributed by atoms with Crippen LogP contribution in [0.25, 0.3) is 0 Å². The van der Waals surface area contributed by atoms with Gasteiger partial charge in [0.25, 0.3) is 5.91 Å². The van der Waals surface area contributed by atoms with Crippen molar-refractivity contribution in [2.75, 3.05) is 6.54 Å². The van der Waals surface area contributed by atoms with Gasteiger partial charge in [-0.05, 0) is 34.9 Å². The van der Waals surface area contributed by atoms with Crippen LogP contribution in [0.1, 0.15) is 80.7 Å². The quantitative estimate of drug-likeness (QED) is 0.429. The van der Waals surface area contributed by atoms with Crippen LogP contribution in [0.5, 0.6) is 0 Å². The monoisotopic (exact) mass is 447 g/mol. The molecule has 0 aliphatic rings. The van der Waals surface area contributed by atoms with Gasteiger partial charge in [-0.2, -0.15) is 0 Å². The van der Waals surface area contributed by atoms with Gasteiger partial charge < -0.3 is 9.73 Å². The fourth-order valence-corrected chi connectivity index (χ4v) is 3.67. The first-order chi connectivity index (χ1) is 15.6. The molecule has 5 nitrogen and oxygen atoms in total. The first-order valence-electron chi connectivity index (χ1n) is 11.7. The summed E-state index contributed by atoms with van der Waals surface area (Å²) < 4.78 is 5.70. The Hall–Kier alpha value is -2.92. The number of carbonyl (C=O) groups excluding carboxylic acids is 1. The molecule has 0 spiro atoms. The number of oxazole rings is 1. The second-order valence-corrected chi connectivity index (χ2v) is 10.2. The van der Waals surface area contributed by atoms with Crippen molar-refractivity contribution in [3.63, 3.8) is 0 Å². The van der Waals surface area contributed by atoms with Crippen molar-refractivity contribution in [2.24, 2.45) is 5.92 Å². The van der Waals surface area contributed by atoms with Gasteiger partial charge in [0.1, 0.15) is 6.26 Å². The van der Waals surface area contributed by atoms with E-state index >= 15 is 0 Å². The molecule has 1 heterocycles. The SMILES string of the molecule is CC(C)CNC(=O)c1coc(CN(Cc2ccc(C(C)(C)C)cc2)C(C)c2ccccc2)n1. The normalized spacial score (nSPS) is 12.8. The van der Waals surface area contributed by atoms with Gasteiger partial charge in [-0.3, -0.25) is 9.69 Å². The van der Waals surface area contributed by atoms with Crippen molar-refractivity contribution in [3.05, 3.63) is 89.1 Å². The van der Waals surface area contributed by atoms with Crippen molar-refractivity contribution in [2.45, 2.75) is 66.1 Å². The lowest BCUT2D eigenvalue weighted by Gasteiger charge is -2.29. The molecule has 0 radical (unpaired) electrons. The molecule has 1 amide bonds. The third kappa shape index (κ3) is 7.03. The third-order valence-electron chi connectivity index (χ3n) is 5.83. The zero-order valence-electron chi connectivity index (χ0n) is 20.8. The minimum atomic E-state index is -0.195. The van der Waals surface area contributed by atoms with Crippen LogP contribution in [0.4, 0.5) is 0 Å². The maximum atomic E-state index is 12.4. The predicted octanol–water partition coefficient (Wildman–Crippen LogP) is 6.12. The number of hydrogen-bond donors (Lipinski definition) is 1. The van der Waals surface area contributed by atoms with E-state index in [1.807, 2.05) is 6.07 Å². The standard InChI is InChI=1S/C28H37N3O2/c1-20(2)16-29-27(32)25-19-33-26(30-25)18-31(21(3)23-10-8-7-9-11-23)17-22-12-14-24(15-13-22)28(4,5)6/h7-15,19-21H,16-18H2,1-6H3,(H,29,32). The molecular weight excluding hydrogens is 410 g/mol. The Bertz CT molecular complexity index is 1020. The van der Waals surface area contributed by atoms with Crippen molar-refractivity contribution >= 4 is 5.91 Å². The molecule has 5 heteroatoms. The van der Waals surface area contributed by atoms with Gasteiger partial charge in [0.15, 0.2) is 5.69 Å². The van der Waals surface area contributed by atoms with Crippen LogP contribution in [-0.2, 0) is 18.5 Å². The van der Waals surface area contributed by atoms with Gasteiger partial charge in [0, 0.05) is 19.1 Å². The Morgan fingerprint density at radius 1 is 1.00 bits per heavy atom. The molecule has 3 aromatic rings. The fourth-order valence-electron chi connectivity index (χ4n) is 3.67. The molecule has 3 rings (SSSR count). The molecule has 1 N–H and O–H groups in total. The number of aromatic nitrogens is 1. The number of nitrogens with zero attached hydrogens (tertiary/aromatic N) is 2. The van der Waals surface area contributed by atoms with E-state index in [-0.39, 0.29) is 17.4 Å². The highest BCUT2D eigenvalue weighted by Crippen LogP contribution is 2.26. The Kier molecular flexibility index (Phi) is 8.09. The fraction of sp³-hybridized carbons (Fsp3) is 0.429. The number of nitrogens with one attached hydrogen (secondary N) is 1. The van der Waals surface area contributed by atoms with E-state index in [4.69, 9.17) is 4.42 Å². The van der Waals surface area contributed by atoms with Gasteiger partial charge in [-0.15, -0.1) is 0 Å². The molecular formula is C28H37N3O2. The minimum absolute atomic E-state index is 0.125. The van der Waals surface area contributed by atoms with Gasteiger partial charge in [-0.1, -0.05) is 89.2 Å². The molecule has 0 saturated carbocycles. The average molecular weight is 448 g/mol. The number of benzene rings is 2. The summed E-state index contributed by atoms with van der Waals surface area (Å²) in [5, 5.41) is 2.90. The lowest BCUT2D eigenvalue weighted by molar-refractivity contribution is 0.0944. The second-order valence-electron chi connectivity index (χ2n) is 10.2. The summed E-state index contributed by atoms with van der Waals surface area (Å²) in [6.45, 7) is 14.9. The maximum Gasteiger partial charge on any atom is 0.273 e. The number of carbonyl (C=O) groups is 1. The van der Waals surface area contributed by atoms with E-state index in [0.29, 0.717) is 30.6 Å². The second kappa shape index (κ2) is 10.8. The highest BCUT2D eigenvalue weighted by Gasteiger charge is 2.21. The van der Waals surface area contributed by atoms with Crippen molar-refractivity contribution in [1.29, 1.82) is 0 Å². The summed E-state index contributed by atoms with van der Waals surface area (Å²) in [5.74, 6) is 0.727. The van der Waals surface area contributed by atoms with E-state index in [1.165, 1.54) is 23.0 Å². The van der Waals surface area contributed by atoms with Gasteiger partial charge >= 0.3 is 0 Å². The number of rotatable bonds is 9. The summed E-state index contributed by atoms with van der Waals surface area (Å²) >= 11 is 0. The highest BCUT2D eigenvalue weighted by atomic mass is 16.3. The number of hydrogen-bond acceptors (Lipinski definition) is 4. The Balaban J connectivity index is 1.79. The van der Waals surface area contributed by atoms with Crippen molar-refractivity contribution in [1.82, 2.24) is 15.2 Å². The predicted molar refractivity (Wildman–Crippen MR) is 133 cm³/mol. The van der Waals surface area contributed by atoms with Crippen molar-refractivity contribution < 1.29 is 9.21 Å². The van der Waals surface area contributed by atoms with Crippen LogP contribution in [0, 0.1) is 5.92 Å². The van der Waals surface area contributed by atoms with Crippen LogP contribution in [0.3, 0.4) is 0 Å². The van der Waals surface area contributed by atoms with Crippen LogP contribution < -0.4 is 5.32 Å². The number of amides is 1. The maximum absolute atomic E-state index is 12.4. The molecule has 0 aliphatic carbocycles. The summed E-state index contributed by atoms with van der Waals surface area (Å²) in [4.78, 5) is 19.2. The molecule has 1 unspecified atom stereocenters. The van der Waals surface area contributed by atoms with E-state index in [9.17, 15) is 4.79 Å². The zero-order valence-corrected chi connectivity index (χ0v) is 20.8. The van der Waals surface area contributed by atoms with Crippen molar-refractivity contribution in [3.8, 4) is 0 Å². The molecule has 176 valence electrons. The van der Waals surface area contributed by atoms with E-state index in [1.54, 1.807) is 0 Å². The van der Waals surface area contributed by atoms with Crippen LogP contribution in [0.2, 0.25) is 0 Å². The Labute approximate surface area is 198 Å². The first-order valence-corrected chi connectivity index (χ1v) is 11.7. The summed E-state index contributed by atoms with van der Waals surface area (Å²) in [6.07, 6.45) is 1.45. The molecule has 1 atom stereocenters. The largest absolute Gasteiger partial charge is 0.447 e. The average Bonchev–Trinajstić information content (AvgIpc) is 3.25. The van der Waals surface area contributed by atoms with Gasteiger partial charge in [0.2, 0.25) is 5.89 Å². The molecule has 33 heavy (non-hydrogen) atoms. The summed E-state index contributed by atoms with van der Waals surface area (Å²) in [7, 11) is 0.